The van der Waals surface area contributed by atoms with Gasteiger partial charge in [-0.2, -0.15) is 0 Å². The molecule has 1 aromatic rings. The highest BCUT2D eigenvalue weighted by atomic mass is 16.7. The summed E-state index contributed by atoms with van der Waals surface area (Å²) in [4.78, 5) is 0. The summed E-state index contributed by atoms with van der Waals surface area (Å²) in [6.45, 7) is 5.23. The van der Waals surface area contributed by atoms with Crippen molar-refractivity contribution in [2.75, 3.05) is 6.61 Å². The van der Waals surface area contributed by atoms with Gasteiger partial charge in [0, 0.05) is 5.56 Å². The summed E-state index contributed by atoms with van der Waals surface area (Å²) < 4.78 is 11.8. The zero-order chi connectivity index (χ0) is 13.5. The Hall–Kier alpha value is -0.860. The average Bonchev–Trinajstić information content (AvgIpc) is 2.48. The summed E-state index contributed by atoms with van der Waals surface area (Å²) in [5.41, 5.74) is 2.51. The Kier molecular flexibility index (Phi) is 5.87. The summed E-state index contributed by atoms with van der Waals surface area (Å²) in [5, 5.41) is 0. The van der Waals surface area contributed by atoms with Crippen LogP contribution in [0.15, 0.2) is 24.3 Å². The maximum atomic E-state index is 6.07. The van der Waals surface area contributed by atoms with Gasteiger partial charge in [-0.05, 0) is 24.8 Å². The predicted molar refractivity (Wildman–Crippen MR) is 78.1 cm³/mol. The minimum Gasteiger partial charge on any atom is -0.348 e. The molecule has 0 N–H and O–H groups in total. The monoisotopic (exact) mass is 262 g/mol. The molecule has 1 aromatic carbocycles. The summed E-state index contributed by atoms with van der Waals surface area (Å²) in [6.07, 6.45) is 7.33. The normalized spacial score (nSPS) is 23.5. The average molecular weight is 262 g/mol. The van der Waals surface area contributed by atoms with E-state index in [0.29, 0.717) is 6.10 Å². The molecule has 0 bridgehead atoms. The third kappa shape index (κ3) is 4.32. The molecule has 106 valence electrons. The molecule has 0 amide bonds. The Balaban J connectivity index is 1.88. The fraction of sp³-hybridized carbons (Fsp3) is 0.647. The smallest absolute Gasteiger partial charge is 0.184 e. The molecule has 2 atom stereocenters. The van der Waals surface area contributed by atoms with Crippen LogP contribution in [0.2, 0.25) is 0 Å². The Labute approximate surface area is 117 Å². The highest BCUT2D eigenvalue weighted by molar-refractivity contribution is 5.23. The molecule has 0 aliphatic carbocycles. The Morgan fingerprint density at radius 2 is 1.89 bits per heavy atom. The highest BCUT2D eigenvalue weighted by Crippen LogP contribution is 2.28. The van der Waals surface area contributed by atoms with Crippen LogP contribution in [0.4, 0.5) is 0 Å². The molecule has 1 heterocycles. The van der Waals surface area contributed by atoms with Gasteiger partial charge in [-0.25, -0.2) is 0 Å². The SMILES string of the molecule is CCCCCC1CCOC(c2ccc(CC)cc2)O1. The lowest BCUT2D eigenvalue weighted by Gasteiger charge is -2.30. The van der Waals surface area contributed by atoms with Crippen molar-refractivity contribution < 1.29 is 9.47 Å². The topological polar surface area (TPSA) is 18.5 Å². The van der Waals surface area contributed by atoms with Crippen LogP contribution in [0.3, 0.4) is 0 Å². The van der Waals surface area contributed by atoms with Gasteiger partial charge in [0.05, 0.1) is 12.7 Å². The molecular formula is C17H26O2. The second kappa shape index (κ2) is 7.66. The minimum absolute atomic E-state index is 0.161. The van der Waals surface area contributed by atoms with Gasteiger partial charge in [0.2, 0.25) is 0 Å². The Morgan fingerprint density at radius 3 is 2.58 bits per heavy atom. The standard InChI is InChI=1S/C17H26O2/c1-3-5-6-7-16-12-13-18-17(19-16)15-10-8-14(4-2)9-11-15/h8-11,16-17H,3-7,12-13H2,1-2H3. The first-order chi connectivity index (χ1) is 9.33. The van der Waals surface area contributed by atoms with Gasteiger partial charge in [0.1, 0.15) is 0 Å². The second-order valence-corrected chi connectivity index (χ2v) is 5.34. The van der Waals surface area contributed by atoms with Crippen molar-refractivity contribution in [2.24, 2.45) is 0 Å². The van der Waals surface area contributed by atoms with Crippen molar-refractivity contribution >= 4 is 0 Å². The minimum atomic E-state index is -0.161. The van der Waals surface area contributed by atoms with Gasteiger partial charge in [-0.3, -0.25) is 0 Å². The van der Waals surface area contributed by atoms with Crippen LogP contribution in [-0.4, -0.2) is 12.7 Å². The van der Waals surface area contributed by atoms with Crippen LogP contribution in [0, 0.1) is 0 Å². The summed E-state index contributed by atoms with van der Waals surface area (Å²) in [6, 6.07) is 8.61. The van der Waals surface area contributed by atoms with Gasteiger partial charge >= 0.3 is 0 Å². The first-order valence-corrected chi connectivity index (χ1v) is 7.69. The van der Waals surface area contributed by atoms with Gasteiger partial charge < -0.3 is 9.47 Å². The fourth-order valence-corrected chi connectivity index (χ4v) is 2.51. The zero-order valence-corrected chi connectivity index (χ0v) is 12.2. The summed E-state index contributed by atoms with van der Waals surface area (Å²) in [7, 11) is 0. The molecule has 2 unspecified atom stereocenters. The molecule has 0 spiro atoms. The Bertz CT molecular complexity index is 358. The summed E-state index contributed by atoms with van der Waals surface area (Å²) in [5.74, 6) is 0. The lowest BCUT2D eigenvalue weighted by Crippen LogP contribution is -2.27. The zero-order valence-electron chi connectivity index (χ0n) is 12.2. The predicted octanol–water partition coefficient (Wildman–Crippen LogP) is 4.63. The van der Waals surface area contributed by atoms with Crippen LogP contribution < -0.4 is 0 Å². The van der Waals surface area contributed by atoms with Gasteiger partial charge in [-0.1, -0.05) is 57.4 Å². The summed E-state index contributed by atoms with van der Waals surface area (Å²) >= 11 is 0. The molecule has 19 heavy (non-hydrogen) atoms. The maximum absolute atomic E-state index is 6.07. The van der Waals surface area contributed by atoms with Crippen molar-refractivity contribution in [1.82, 2.24) is 0 Å². The van der Waals surface area contributed by atoms with Crippen LogP contribution in [-0.2, 0) is 15.9 Å². The van der Waals surface area contributed by atoms with Crippen molar-refractivity contribution in [3.63, 3.8) is 0 Å². The van der Waals surface area contributed by atoms with Crippen molar-refractivity contribution in [2.45, 2.75) is 64.8 Å². The number of aryl methyl sites for hydroxylation is 1. The third-order valence-electron chi connectivity index (χ3n) is 3.81. The largest absolute Gasteiger partial charge is 0.348 e. The quantitative estimate of drug-likeness (QED) is 0.696. The molecule has 0 radical (unpaired) electrons. The number of benzene rings is 1. The van der Waals surface area contributed by atoms with Gasteiger partial charge in [0.25, 0.3) is 0 Å². The van der Waals surface area contributed by atoms with E-state index in [2.05, 4.69) is 38.1 Å². The van der Waals surface area contributed by atoms with Crippen molar-refractivity contribution in [3.8, 4) is 0 Å². The fourth-order valence-electron chi connectivity index (χ4n) is 2.51. The maximum Gasteiger partial charge on any atom is 0.184 e. The number of unbranched alkanes of at least 4 members (excludes halogenated alkanes) is 2. The number of rotatable bonds is 6. The highest BCUT2D eigenvalue weighted by Gasteiger charge is 2.23. The van der Waals surface area contributed by atoms with E-state index in [9.17, 15) is 0 Å². The number of ether oxygens (including phenoxy) is 2. The first-order valence-electron chi connectivity index (χ1n) is 7.69. The van der Waals surface area contributed by atoms with E-state index in [-0.39, 0.29) is 6.29 Å². The van der Waals surface area contributed by atoms with E-state index >= 15 is 0 Å². The third-order valence-corrected chi connectivity index (χ3v) is 3.81. The molecule has 1 fully saturated rings. The van der Waals surface area contributed by atoms with E-state index in [1.54, 1.807) is 0 Å². The van der Waals surface area contributed by atoms with Crippen LogP contribution in [0.1, 0.15) is 63.4 Å². The second-order valence-electron chi connectivity index (χ2n) is 5.34. The van der Waals surface area contributed by atoms with Gasteiger partial charge in [0.15, 0.2) is 6.29 Å². The molecular weight excluding hydrogens is 236 g/mol. The lowest BCUT2D eigenvalue weighted by molar-refractivity contribution is -0.218. The van der Waals surface area contributed by atoms with E-state index < -0.39 is 0 Å². The first kappa shape index (κ1) is 14.5. The van der Waals surface area contributed by atoms with Crippen LogP contribution in [0.5, 0.6) is 0 Å². The molecule has 1 aliphatic rings. The van der Waals surface area contributed by atoms with E-state index in [0.717, 1.165) is 25.0 Å². The van der Waals surface area contributed by atoms with Crippen LogP contribution in [0.25, 0.3) is 0 Å². The molecule has 1 saturated heterocycles. The molecule has 2 rings (SSSR count). The number of hydrogen-bond donors (Lipinski definition) is 0. The molecule has 0 saturated carbocycles. The molecule has 1 aliphatic heterocycles. The molecule has 0 aromatic heterocycles. The van der Waals surface area contributed by atoms with E-state index in [4.69, 9.17) is 9.47 Å². The molecule has 2 nitrogen and oxygen atoms in total. The molecule has 2 heteroatoms. The number of hydrogen-bond acceptors (Lipinski definition) is 2. The van der Waals surface area contributed by atoms with Gasteiger partial charge in [-0.15, -0.1) is 0 Å². The van der Waals surface area contributed by atoms with E-state index in [1.807, 2.05) is 0 Å². The van der Waals surface area contributed by atoms with Crippen LogP contribution >= 0.6 is 0 Å². The van der Waals surface area contributed by atoms with Crippen molar-refractivity contribution in [3.05, 3.63) is 35.4 Å². The Morgan fingerprint density at radius 1 is 1.11 bits per heavy atom. The van der Waals surface area contributed by atoms with E-state index in [1.165, 1.54) is 31.2 Å². The van der Waals surface area contributed by atoms with Crippen molar-refractivity contribution in [1.29, 1.82) is 0 Å². The lowest BCUT2D eigenvalue weighted by atomic mass is 10.1.